The second-order valence-corrected chi connectivity index (χ2v) is 29.3. The standard InChI is InChI=1S/C89H92O18/c1-90-66-34-60-35-67(91-2)78(66)102-28-22-16-13-17-23-29-103-81-72(96-7)40-63(41-73(81)97-8)87-49-59-50-88(55-87)57-89(51-59,56-87)65-44-76(100-11)83(77(45-65)101-12)107-33-27-21-15-19-25-31-105-80-70(94-5)38-62(39-71(80)95-6)86-48-58-46-84(60,53-86)52-85(47-58,54-86)61-36-68(92-3)79(69(37-61)93-4)104-30-24-18-14-20-26-32-106-82-74(98-9)42-64(88)43-75(82)99-10/h34-45,58-59H,13-15,28-33,46-57H2,1-12H3. The van der Waals surface area contributed by atoms with Crippen LogP contribution in [0.4, 0.5) is 0 Å². The predicted molar refractivity (Wildman–Crippen MR) is 403 cm³/mol. The summed E-state index contributed by atoms with van der Waals surface area (Å²) >= 11 is 0. The van der Waals surface area contributed by atoms with Crippen LogP contribution in [-0.4, -0.2) is 125 Å². The summed E-state index contributed by atoms with van der Waals surface area (Å²) in [7, 11) is 19.9. The minimum absolute atomic E-state index is 0.0530. The largest absolute Gasteiger partial charge is 0.493 e. The van der Waals surface area contributed by atoms with Crippen LogP contribution in [0.2, 0.25) is 0 Å². The molecule has 8 aliphatic carbocycles. The van der Waals surface area contributed by atoms with Crippen molar-refractivity contribution in [2.45, 2.75) is 129 Å². The molecule has 0 unspecified atom stereocenters. The van der Waals surface area contributed by atoms with E-state index in [1.807, 2.05) is 0 Å². The molecule has 0 atom stereocenters. The summed E-state index contributed by atoms with van der Waals surface area (Å²) in [5, 5.41) is 0. The van der Waals surface area contributed by atoms with E-state index in [0.717, 1.165) is 110 Å². The van der Waals surface area contributed by atoms with E-state index in [0.29, 0.717) is 103 Å². The second-order valence-electron chi connectivity index (χ2n) is 29.3. The maximum Gasteiger partial charge on any atom is 0.204 e. The third-order valence-electron chi connectivity index (χ3n) is 23.6. The Morgan fingerprint density at radius 3 is 0.467 bits per heavy atom. The fraction of sp³-hybridized carbons (Fsp3) is 0.461. The Morgan fingerprint density at radius 1 is 0.215 bits per heavy atom. The molecule has 0 N–H and O–H groups in total. The molecule has 0 saturated heterocycles. The first-order valence-electron chi connectivity index (χ1n) is 36.3. The fourth-order valence-corrected chi connectivity index (χ4v) is 20.2. The molecule has 8 fully saturated rings. The van der Waals surface area contributed by atoms with Crippen molar-refractivity contribution in [3.8, 4) is 175 Å². The van der Waals surface area contributed by atoms with Crippen molar-refractivity contribution < 1.29 is 85.3 Å². The zero-order valence-electron chi connectivity index (χ0n) is 63.3. The topological polar surface area (TPSA) is 166 Å². The van der Waals surface area contributed by atoms with Gasteiger partial charge in [0.25, 0.3) is 0 Å². The molecule has 18 heteroatoms. The average molecular weight is 1450 g/mol. The van der Waals surface area contributed by atoms with E-state index in [-0.39, 0.29) is 70.7 Å². The lowest BCUT2D eigenvalue weighted by Gasteiger charge is -2.67. The molecule has 35 aliphatic rings. The monoisotopic (exact) mass is 1450 g/mol. The van der Waals surface area contributed by atoms with Crippen molar-refractivity contribution in [3.63, 3.8) is 0 Å². The molecule has 27 heterocycles. The fourth-order valence-electron chi connectivity index (χ4n) is 20.2. The van der Waals surface area contributed by atoms with E-state index in [9.17, 15) is 0 Å². The van der Waals surface area contributed by atoms with E-state index >= 15 is 0 Å². The zero-order chi connectivity index (χ0) is 74.6. The van der Waals surface area contributed by atoms with Crippen LogP contribution < -0.4 is 85.3 Å². The van der Waals surface area contributed by atoms with Gasteiger partial charge in [-0.05, 0) is 228 Å². The van der Waals surface area contributed by atoms with Crippen molar-refractivity contribution >= 4 is 0 Å². The van der Waals surface area contributed by atoms with Gasteiger partial charge >= 0.3 is 0 Å². The molecule has 6 aromatic rings. The first-order chi connectivity index (χ1) is 52.2. The van der Waals surface area contributed by atoms with Gasteiger partial charge in [-0.3, -0.25) is 0 Å². The molecule has 8 saturated carbocycles. The molecule has 107 heavy (non-hydrogen) atoms. The van der Waals surface area contributed by atoms with Crippen LogP contribution in [0.5, 0.6) is 103 Å². The Morgan fingerprint density at radius 2 is 0.346 bits per heavy atom. The van der Waals surface area contributed by atoms with Gasteiger partial charge in [0.15, 0.2) is 69.0 Å². The quantitative estimate of drug-likeness (QED) is 0.106. The van der Waals surface area contributed by atoms with Gasteiger partial charge < -0.3 is 85.3 Å². The van der Waals surface area contributed by atoms with Crippen LogP contribution in [-0.2, 0) is 32.5 Å². The molecule has 0 aromatic heterocycles. The number of rotatable bonds is 12. The highest BCUT2D eigenvalue weighted by Gasteiger charge is 2.67. The van der Waals surface area contributed by atoms with Crippen LogP contribution >= 0.6 is 0 Å². The summed E-state index contributed by atoms with van der Waals surface area (Å²) in [6.07, 6.45) is 11.0. The maximum absolute atomic E-state index is 6.50. The molecule has 6 spiro atoms. The van der Waals surface area contributed by atoms with Crippen LogP contribution in [0.3, 0.4) is 0 Å². The Bertz CT molecular complexity index is 3880. The molecule has 20 bridgehead atoms. The average Bonchev–Trinajstić information content (AvgIpc) is 0.685. The van der Waals surface area contributed by atoms with Crippen molar-refractivity contribution in [1.29, 1.82) is 0 Å². The van der Waals surface area contributed by atoms with Crippen LogP contribution in [0.15, 0.2) is 72.8 Å². The van der Waals surface area contributed by atoms with Crippen molar-refractivity contribution in [2.75, 3.05) is 125 Å². The minimum Gasteiger partial charge on any atom is -0.493 e. The molecule has 41 rings (SSSR count). The summed E-state index contributed by atoms with van der Waals surface area (Å²) in [5.74, 6) is 47.8. The van der Waals surface area contributed by atoms with E-state index in [4.69, 9.17) is 85.3 Å². The number of methoxy groups -OCH3 is 12. The van der Waals surface area contributed by atoms with Gasteiger partial charge in [-0.1, -0.05) is 71.0 Å². The summed E-state index contributed by atoms with van der Waals surface area (Å²) < 4.78 is 114. The highest BCUT2D eigenvalue weighted by Crippen LogP contribution is 2.74. The summed E-state index contributed by atoms with van der Waals surface area (Å²) in [6, 6.07) is 25.6. The highest BCUT2D eigenvalue weighted by atomic mass is 16.6. The summed E-state index contributed by atoms with van der Waals surface area (Å²) in [4.78, 5) is 0. The van der Waals surface area contributed by atoms with Crippen LogP contribution in [0.1, 0.15) is 130 Å². The van der Waals surface area contributed by atoms with E-state index in [2.05, 4.69) is 144 Å². The summed E-state index contributed by atoms with van der Waals surface area (Å²) in [5.41, 5.74) is 3.96. The number of benzene rings is 6. The molecular formula is C89H92O18. The van der Waals surface area contributed by atoms with E-state index in [1.165, 1.54) is 0 Å². The van der Waals surface area contributed by atoms with Crippen molar-refractivity contribution in [1.82, 2.24) is 0 Å². The maximum atomic E-state index is 6.50. The molecule has 27 aliphatic heterocycles. The van der Waals surface area contributed by atoms with Gasteiger partial charge in [0.1, 0.15) is 39.6 Å². The van der Waals surface area contributed by atoms with Crippen LogP contribution in [0.25, 0.3) is 0 Å². The molecule has 0 radical (unpaired) electrons. The Balaban J connectivity index is 0.913. The third-order valence-corrected chi connectivity index (χ3v) is 23.6. The predicted octanol–water partition coefficient (Wildman–Crippen LogP) is 14.2. The minimum atomic E-state index is -0.417. The normalized spacial score (nSPS) is 25.5. The lowest BCUT2D eigenvalue weighted by Crippen LogP contribution is -2.62. The lowest BCUT2D eigenvalue weighted by molar-refractivity contribution is -0.0499. The van der Waals surface area contributed by atoms with Crippen molar-refractivity contribution in [3.05, 3.63) is 106 Å². The smallest absolute Gasteiger partial charge is 0.204 e. The molecule has 6 aromatic carbocycles. The molecule has 556 valence electrons. The third kappa shape index (κ3) is 13.5. The Kier molecular flexibility index (Phi) is 20.8. The van der Waals surface area contributed by atoms with Crippen LogP contribution in [0, 0.1) is 82.9 Å². The van der Waals surface area contributed by atoms with E-state index in [1.54, 1.807) is 85.3 Å². The van der Waals surface area contributed by atoms with Gasteiger partial charge in [0, 0.05) is 0 Å². The number of hydrogen-bond acceptors (Lipinski definition) is 18. The zero-order valence-corrected chi connectivity index (χ0v) is 63.3. The second kappa shape index (κ2) is 30.5. The number of ether oxygens (including phenoxy) is 18. The van der Waals surface area contributed by atoms with Gasteiger partial charge in [0.05, 0.1) is 105 Å². The van der Waals surface area contributed by atoms with Crippen molar-refractivity contribution in [2.24, 2.45) is 11.8 Å². The molecule has 18 nitrogen and oxygen atoms in total. The Labute approximate surface area is 628 Å². The first kappa shape index (κ1) is 73.0. The lowest BCUT2D eigenvalue weighted by atomic mass is 9.36. The van der Waals surface area contributed by atoms with Gasteiger partial charge in [-0.15, -0.1) is 0 Å². The molecular weight excluding hydrogens is 1360 g/mol. The highest BCUT2D eigenvalue weighted by molar-refractivity contribution is 5.65. The van der Waals surface area contributed by atoms with E-state index < -0.39 is 32.5 Å². The SMILES string of the molecule is COc1cc2cc(OC)c1OCC#CCC#CCOc1c(OC)cc(cc1OC)C13CC4CC5(C1)CC(C4)(C3)c1cc(OC)c(c(OC)c1)OCC#CCC#CCOc1c(OC)cc(cc1OC)C13CC4CC2(CC(C4)(C1)c1cc(OC)c(c(OC)c1)OCC#CCC#CCOc1c(OC)cc5cc1OC)C3. The van der Waals surface area contributed by atoms with Gasteiger partial charge in [-0.25, -0.2) is 0 Å². The number of hydrogen-bond donors (Lipinski definition) is 0. The van der Waals surface area contributed by atoms with Gasteiger partial charge in [0.2, 0.25) is 34.5 Å². The first-order valence-corrected chi connectivity index (χ1v) is 36.3. The Hall–Kier alpha value is -10.9. The van der Waals surface area contributed by atoms with Gasteiger partial charge in [-0.2, -0.15) is 0 Å². The summed E-state index contributed by atoms with van der Waals surface area (Å²) in [6.45, 7) is 0.318. The molecule has 0 amide bonds.